The third kappa shape index (κ3) is 2.46. The van der Waals surface area contributed by atoms with Gasteiger partial charge in [0.25, 0.3) is 0 Å². The van der Waals surface area contributed by atoms with Crippen LogP contribution in [0, 0.1) is 0 Å². The van der Waals surface area contributed by atoms with E-state index in [0.29, 0.717) is 6.54 Å². The Hall–Kier alpha value is -0.580. The topological polar surface area (TPSA) is 66.7 Å². The summed E-state index contributed by atoms with van der Waals surface area (Å²) in [5.74, 6) is 5.02. The van der Waals surface area contributed by atoms with Crippen LogP contribution < -0.4 is 11.3 Å². The number of aromatic nitrogens is 2. The number of halogens is 1. The van der Waals surface area contributed by atoms with Crippen LogP contribution in [0.15, 0.2) is 12.3 Å². The Kier molecular flexibility index (Phi) is 4.04. The number of nitrogens with two attached hydrogens (primary N) is 1. The number of rotatable bonds is 2. The number of nitrogens with zero attached hydrogens (tertiary/aromatic N) is 1. The van der Waals surface area contributed by atoms with E-state index in [4.69, 9.17) is 5.84 Å². The maximum atomic E-state index is 5.02. The lowest BCUT2D eigenvalue weighted by Crippen LogP contribution is -2.20. The molecule has 0 amide bonds. The lowest BCUT2D eigenvalue weighted by atomic mass is 10.4. The summed E-state index contributed by atoms with van der Waals surface area (Å²) in [6.07, 6.45) is 1.69. The summed E-state index contributed by atoms with van der Waals surface area (Å²) < 4.78 is 0. The van der Waals surface area contributed by atoms with E-state index in [1.807, 2.05) is 6.07 Å². The molecular formula is C4H9ClN4. The normalized spacial score (nSPS) is 8.56. The van der Waals surface area contributed by atoms with E-state index in [0.717, 1.165) is 5.69 Å². The van der Waals surface area contributed by atoms with E-state index >= 15 is 0 Å². The van der Waals surface area contributed by atoms with Crippen LogP contribution in [0.3, 0.4) is 0 Å². The monoisotopic (exact) mass is 148 g/mol. The molecule has 9 heavy (non-hydrogen) atoms. The highest BCUT2D eigenvalue weighted by Gasteiger charge is 1.86. The maximum Gasteiger partial charge on any atom is 0.0516 e. The lowest BCUT2D eigenvalue weighted by molar-refractivity contribution is 0.719. The van der Waals surface area contributed by atoms with Crippen molar-refractivity contribution in [3.05, 3.63) is 18.0 Å². The van der Waals surface area contributed by atoms with Gasteiger partial charge in [-0.1, -0.05) is 0 Å². The Bertz CT molecular complexity index is 138. The number of hydrogen-bond donors (Lipinski definition) is 3. The lowest BCUT2D eigenvalue weighted by Gasteiger charge is -1.89. The molecule has 1 aromatic heterocycles. The average Bonchev–Trinajstić information content (AvgIpc) is 2.19. The summed E-state index contributed by atoms with van der Waals surface area (Å²) in [6, 6.07) is 1.86. The van der Waals surface area contributed by atoms with Gasteiger partial charge in [0.15, 0.2) is 0 Å². The van der Waals surface area contributed by atoms with Crippen LogP contribution in [0.4, 0.5) is 0 Å². The molecule has 0 saturated carbocycles. The van der Waals surface area contributed by atoms with E-state index in [1.165, 1.54) is 0 Å². The van der Waals surface area contributed by atoms with Crippen molar-refractivity contribution in [3.63, 3.8) is 0 Å². The van der Waals surface area contributed by atoms with Gasteiger partial charge in [-0.3, -0.25) is 16.4 Å². The van der Waals surface area contributed by atoms with Crippen molar-refractivity contribution in [1.82, 2.24) is 15.6 Å². The molecule has 0 saturated heterocycles. The van der Waals surface area contributed by atoms with Crippen molar-refractivity contribution in [2.24, 2.45) is 5.84 Å². The molecule has 4 nitrogen and oxygen atoms in total. The predicted molar refractivity (Wildman–Crippen MR) is 36.9 cm³/mol. The van der Waals surface area contributed by atoms with Crippen LogP contribution in [0.2, 0.25) is 0 Å². The third-order valence-corrected chi connectivity index (χ3v) is 0.851. The molecule has 1 rings (SSSR count). The molecule has 0 fully saturated rings. The van der Waals surface area contributed by atoms with Gasteiger partial charge in [-0.15, -0.1) is 12.4 Å². The molecule has 0 bridgehead atoms. The molecule has 0 atom stereocenters. The fourth-order valence-corrected chi connectivity index (χ4v) is 0.493. The van der Waals surface area contributed by atoms with E-state index in [1.54, 1.807) is 6.20 Å². The minimum atomic E-state index is 0. The molecule has 5 heteroatoms. The van der Waals surface area contributed by atoms with E-state index < -0.39 is 0 Å². The van der Waals surface area contributed by atoms with Gasteiger partial charge in [0.05, 0.1) is 12.2 Å². The van der Waals surface area contributed by atoms with Crippen molar-refractivity contribution in [2.45, 2.75) is 6.54 Å². The average molecular weight is 149 g/mol. The highest BCUT2D eigenvalue weighted by molar-refractivity contribution is 5.85. The number of aromatic amines is 1. The largest absolute Gasteiger partial charge is 0.281 e. The van der Waals surface area contributed by atoms with E-state index in [9.17, 15) is 0 Å². The van der Waals surface area contributed by atoms with Gasteiger partial charge in [0.2, 0.25) is 0 Å². The zero-order valence-electron chi connectivity index (χ0n) is 4.79. The zero-order valence-corrected chi connectivity index (χ0v) is 5.61. The predicted octanol–water partition coefficient (Wildman–Crippen LogP) is -0.205. The van der Waals surface area contributed by atoms with Gasteiger partial charge < -0.3 is 0 Å². The Morgan fingerprint density at radius 3 is 3.00 bits per heavy atom. The second-order valence-electron chi connectivity index (χ2n) is 1.46. The number of hydrogen-bond acceptors (Lipinski definition) is 3. The van der Waals surface area contributed by atoms with Crippen LogP contribution >= 0.6 is 12.4 Å². The fourth-order valence-electron chi connectivity index (χ4n) is 0.493. The summed E-state index contributed by atoms with van der Waals surface area (Å²) in [7, 11) is 0. The molecule has 0 aliphatic heterocycles. The minimum absolute atomic E-state index is 0. The van der Waals surface area contributed by atoms with Gasteiger partial charge in [-0.25, -0.2) is 0 Å². The summed E-state index contributed by atoms with van der Waals surface area (Å²) in [4.78, 5) is 0. The highest BCUT2D eigenvalue weighted by atomic mass is 35.5. The SMILES string of the molecule is Cl.NNCc1ccn[nH]1. The zero-order chi connectivity index (χ0) is 5.82. The van der Waals surface area contributed by atoms with Crippen LogP contribution in [0.25, 0.3) is 0 Å². The first-order valence-electron chi connectivity index (χ1n) is 2.35. The highest BCUT2D eigenvalue weighted by Crippen LogP contribution is 1.86. The fraction of sp³-hybridized carbons (Fsp3) is 0.250. The molecule has 1 heterocycles. The Morgan fingerprint density at radius 1 is 1.78 bits per heavy atom. The van der Waals surface area contributed by atoms with Crippen LogP contribution in [0.1, 0.15) is 5.69 Å². The van der Waals surface area contributed by atoms with Crippen LogP contribution in [-0.2, 0) is 6.54 Å². The first-order valence-corrected chi connectivity index (χ1v) is 2.35. The first-order chi connectivity index (χ1) is 3.93. The Labute approximate surface area is 59.2 Å². The van der Waals surface area contributed by atoms with Crippen LogP contribution in [0.5, 0.6) is 0 Å². The van der Waals surface area contributed by atoms with Crippen molar-refractivity contribution >= 4 is 12.4 Å². The standard InChI is InChI=1S/C4H8N4.ClH/c5-6-3-4-1-2-7-8-4;/h1-2,6H,3,5H2,(H,7,8);1H. The van der Waals surface area contributed by atoms with Gasteiger partial charge in [-0.05, 0) is 6.07 Å². The summed E-state index contributed by atoms with van der Waals surface area (Å²) >= 11 is 0. The number of H-pyrrole nitrogens is 1. The molecule has 52 valence electrons. The first kappa shape index (κ1) is 8.42. The quantitative estimate of drug-likeness (QED) is 0.402. The molecule has 0 aliphatic carbocycles. The molecule has 0 spiro atoms. The number of hydrazine groups is 1. The van der Waals surface area contributed by atoms with Gasteiger partial charge >= 0.3 is 0 Å². The summed E-state index contributed by atoms with van der Waals surface area (Å²) in [5, 5.41) is 6.47. The van der Waals surface area contributed by atoms with Crippen molar-refractivity contribution in [1.29, 1.82) is 0 Å². The summed E-state index contributed by atoms with van der Waals surface area (Å²) in [5.41, 5.74) is 3.49. The molecule has 0 aliphatic rings. The van der Waals surface area contributed by atoms with Gasteiger partial charge in [-0.2, -0.15) is 5.10 Å². The molecular weight excluding hydrogens is 140 g/mol. The van der Waals surface area contributed by atoms with Gasteiger partial charge in [0, 0.05) is 6.20 Å². The minimum Gasteiger partial charge on any atom is -0.281 e. The van der Waals surface area contributed by atoms with Crippen molar-refractivity contribution in [3.8, 4) is 0 Å². The Balaban J connectivity index is 0.000000640. The van der Waals surface area contributed by atoms with Crippen molar-refractivity contribution in [2.75, 3.05) is 0 Å². The van der Waals surface area contributed by atoms with Crippen molar-refractivity contribution < 1.29 is 0 Å². The molecule has 0 radical (unpaired) electrons. The second-order valence-corrected chi connectivity index (χ2v) is 1.46. The molecule has 4 N–H and O–H groups in total. The Morgan fingerprint density at radius 2 is 2.56 bits per heavy atom. The van der Waals surface area contributed by atoms with E-state index in [2.05, 4.69) is 15.6 Å². The summed E-state index contributed by atoms with van der Waals surface area (Å²) in [6.45, 7) is 0.639. The molecule has 0 aromatic carbocycles. The maximum absolute atomic E-state index is 5.02. The third-order valence-electron chi connectivity index (χ3n) is 0.851. The number of nitrogens with one attached hydrogen (secondary N) is 2. The smallest absolute Gasteiger partial charge is 0.0516 e. The molecule has 1 aromatic rings. The molecule has 0 unspecified atom stereocenters. The van der Waals surface area contributed by atoms with Gasteiger partial charge in [0.1, 0.15) is 0 Å². The van der Waals surface area contributed by atoms with Crippen LogP contribution in [-0.4, -0.2) is 10.2 Å². The second kappa shape index (κ2) is 4.31. The van der Waals surface area contributed by atoms with E-state index in [-0.39, 0.29) is 12.4 Å².